The van der Waals surface area contributed by atoms with Gasteiger partial charge < -0.3 is 0 Å². The van der Waals surface area contributed by atoms with Crippen LogP contribution in [0.3, 0.4) is 0 Å². The molecule has 0 N–H and O–H groups in total. The maximum Gasteiger partial charge on any atom is 0.0181 e. The lowest BCUT2D eigenvalue weighted by Crippen LogP contribution is -1.96. The van der Waals surface area contributed by atoms with Gasteiger partial charge in [-0.3, -0.25) is 0 Å². The van der Waals surface area contributed by atoms with Crippen LogP contribution in [0.2, 0.25) is 0 Å². The van der Waals surface area contributed by atoms with E-state index in [0.29, 0.717) is 0 Å². The van der Waals surface area contributed by atoms with Crippen molar-refractivity contribution in [3.63, 3.8) is 0 Å². The predicted molar refractivity (Wildman–Crippen MR) is 52.5 cm³/mol. The van der Waals surface area contributed by atoms with E-state index < -0.39 is 0 Å². The van der Waals surface area contributed by atoms with Gasteiger partial charge in [0, 0.05) is 4.47 Å². The number of hydrogen-bond donors (Lipinski definition) is 0. The Balaban J connectivity index is 2.96. The van der Waals surface area contributed by atoms with Crippen molar-refractivity contribution in [1.29, 1.82) is 0 Å². The van der Waals surface area contributed by atoms with Gasteiger partial charge in [-0.25, -0.2) is 0 Å². The van der Waals surface area contributed by atoms with Crippen LogP contribution in [0.5, 0.6) is 0 Å². The largest absolute Gasteiger partial charge is 0.0816 e. The van der Waals surface area contributed by atoms with Crippen LogP contribution in [0.15, 0.2) is 28.7 Å². The molecule has 1 rings (SSSR count). The van der Waals surface area contributed by atoms with Crippen molar-refractivity contribution in [3.8, 4) is 0 Å². The SMILES string of the molecule is CP(C)c1cccc(Br)c1. The van der Waals surface area contributed by atoms with E-state index in [2.05, 4.69) is 53.5 Å². The number of benzene rings is 1. The molecular weight excluding hydrogens is 207 g/mol. The van der Waals surface area contributed by atoms with Crippen LogP contribution in [-0.4, -0.2) is 13.3 Å². The minimum Gasteiger partial charge on any atom is -0.0816 e. The summed E-state index contributed by atoms with van der Waals surface area (Å²) in [6, 6.07) is 8.51. The summed E-state index contributed by atoms with van der Waals surface area (Å²) >= 11 is 3.44. The molecule has 0 amide bonds. The molecule has 0 bridgehead atoms. The molecule has 0 aromatic heterocycles. The fourth-order valence-corrected chi connectivity index (χ4v) is 2.11. The van der Waals surface area contributed by atoms with Gasteiger partial charge in [0.05, 0.1) is 0 Å². The third-order valence-electron chi connectivity index (χ3n) is 1.32. The van der Waals surface area contributed by atoms with E-state index in [1.165, 1.54) is 9.78 Å². The van der Waals surface area contributed by atoms with Gasteiger partial charge in [-0.05, 0) is 30.8 Å². The molecule has 0 aliphatic heterocycles. The lowest BCUT2D eigenvalue weighted by Gasteiger charge is -2.04. The molecule has 0 unspecified atom stereocenters. The highest BCUT2D eigenvalue weighted by atomic mass is 79.9. The Morgan fingerprint density at radius 3 is 2.40 bits per heavy atom. The van der Waals surface area contributed by atoms with Crippen molar-refractivity contribution >= 4 is 29.2 Å². The number of halogens is 1. The average Bonchev–Trinajstić information content (AvgIpc) is 1.88. The molecule has 0 aliphatic carbocycles. The Hall–Kier alpha value is 0.130. The Kier molecular flexibility index (Phi) is 2.88. The molecule has 0 radical (unpaired) electrons. The first-order valence-electron chi connectivity index (χ1n) is 3.13. The molecule has 0 saturated carbocycles. The van der Waals surface area contributed by atoms with E-state index in [9.17, 15) is 0 Å². The second-order valence-electron chi connectivity index (χ2n) is 2.37. The third-order valence-corrected chi connectivity index (χ3v) is 3.13. The van der Waals surface area contributed by atoms with E-state index in [4.69, 9.17) is 0 Å². The lowest BCUT2D eigenvalue weighted by atomic mass is 10.4. The predicted octanol–water partition coefficient (Wildman–Crippen LogP) is 2.82. The topological polar surface area (TPSA) is 0 Å². The van der Waals surface area contributed by atoms with Gasteiger partial charge in [0.25, 0.3) is 0 Å². The van der Waals surface area contributed by atoms with Gasteiger partial charge in [0.15, 0.2) is 0 Å². The minimum atomic E-state index is 0.0582. The van der Waals surface area contributed by atoms with Crippen LogP contribution in [0, 0.1) is 0 Å². The van der Waals surface area contributed by atoms with Gasteiger partial charge in [0.1, 0.15) is 0 Å². The molecule has 10 heavy (non-hydrogen) atoms. The van der Waals surface area contributed by atoms with Crippen molar-refractivity contribution in [2.24, 2.45) is 0 Å². The average molecular weight is 217 g/mol. The van der Waals surface area contributed by atoms with Crippen molar-refractivity contribution < 1.29 is 0 Å². The highest BCUT2D eigenvalue weighted by Gasteiger charge is 1.96. The van der Waals surface area contributed by atoms with Crippen LogP contribution in [-0.2, 0) is 0 Å². The standard InChI is InChI=1S/C8H10BrP/c1-10(2)8-5-3-4-7(9)6-8/h3-6H,1-2H3. The van der Waals surface area contributed by atoms with Crippen LogP contribution in [0.25, 0.3) is 0 Å². The number of rotatable bonds is 1. The van der Waals surface area contributed by atoms with E-state index >= 15 is 0 Å². The van der Waals surface area contributed by atoms with Crippen molar-refractivity contribution in [3.05, 3.63) is 28.7 Å². The minimum absolute atomic E-state index is 0.0582. The fraction of sp³-hybridized carbons (Fsp3) is 0.250. The molecule has 0 spiro atoms. The summed E-state index contributed by atoms with van der Waals surface area (Å²) in [5.74, 6) is 0. The highest BCUT2D eigenvalue weighted by Crippen LogP contribution is 2.24. The quantitative estimate of drug-likeness (QED) is 0.634. The summed E-state index contributed by atoms with van der Waals surface area (Å²) in [5.41, 5.74) is 0. The van der Waals surface area contributed by atoms with Gasteiger partial charge >= 0.3 is 0 Å². The van der Waals surface area contributed by atoms with Crippen molar-refractivity contribution in [2.75, 3.05) is 13.3 Å². The molecule has 2 heteroatoms. The Morgan fingerprint density at radius 2 is 2.00 bits per heavy atom. The molecule has 0 atom stereocenters. The Morgan fingerprint density at radius 1 is 1.30 bits per heavy atom. The zero-order valence-electron chi connectivity index (χ0n) is 6.13. The van der Waals surface area contributed by atoms with E-state index in [0.717, 1.165) is 0 Å². The second-order valence-corrected chi connectivity index (χ2v) is 5.60. The molecule has 0 aliphatic rings. The first kappa shape index (κ1) is 8.23. The second kappa shape index (κ2) is 3.50. The zero-order chi connectivity index (χ0) is 7.56. The molecule has 1 aromatic carbocycles. The molecule has 0 fully saturated rings. The first-order chi connectivity index (χ1) is 4.70. The molecular formula is C8H10BrP. The van der Waals surface area contributed by atoms with Gasteiger partial charge in [-0.15, -0.1) is 0 Å². The van der Waals surface area contributed by atoms with Gasteiger partial charge in [-0.1, -0.05) is 36.0 Å². The third kappa shape index (κ3) is 2.07. The van der Waals surface area contributed by atoms with Crippen molar-refractivity contribution in [2.45, 2.75) is 0 Å². The summed E-state index contributed by atoms with van der Waals surface area (Å²) in [6.07, 6.45) is 0. The maximum absolute atomic E-state index is 3.44. The molecule has 1 aromatic rings. The summed E-state index contributed by atoms with van der Waals surface area (Å²) in [7, 11) is 0.0582. The first-order valence-corrected chi connectivity index (χ1v) is 6.16. The molecule has 54 valence electrons. The Bertz CT molecular complexity index is 220. The fourth-order valence-electron chi connectivity index (χ4n) is 0.754. The van der Waals surface area contributed by atoms with E-state index in [-0.39, 0.29) is 7.92 Å². The van der Waals surface area contributed by atoms with Crippen LogP contribution >= 0.6 is 23.9 Å². The summed E-state index contributed by atoms with van der Waals surface area (Å²) in [6.45, 7) is 4.52. The van der Waals surface area contributed by atoms with E-state index in [1.54, 1.807) is 0 Å². The molecule has 0 saturated heterocycles. The number of hydrogen-bond acceptors (Lipinski definition) is 0. The summed E-state index contributed by atoms with van der Waals surface area (Å²) in [5, 5.41) is 1.45. The normalized spacial score (nSPS) is 10.4. The van der Waals surface area contributed by atoms with E-state index in [1.807, 2.05) is 0 Å². The van der Waals surface area contributed by atoms with Gasteiger partial charge in [-0.2, -0.15) is 0 Å². The maximum atomic E-state index is 3.44. The van der Waals surface area contributed by atoms with Crippen LogP contribution in [0.4, 0.5) is 0 Å². The monoisotopic (exact) mass is 216 g/mol. The molecule has 0 heterocycles. The van der Waals surface area contributed by atoms with Crippen molar-refractivity contribution in [1.82, 2.24) is 0 Å². The van der Waals surface area contributed by atoms with Crippen LogP contribution in [0.1, 0.15) is 0 Å². The van der Waals surface area contributed by atoms with Gasteiger partial charge in [0.2, 0.25) is 0 Å². The molecule has 0 nitrogen and oxygen atoms in total. The Labute approximate surface area is 71.5 Å². The summed E-state index contributed by atoms with van der Waals surface area (Å²) in [4.78, 5) is 0. The zero-order valence-corrected chi connectivity index (χ0v) is 8.62. The smallest absolute Gasteiger partial charge is 0.0181 e. The summed E-state index contributed by atoms with van der Waals surface area (Å²) < 4.78 is 1.18. The highest BCUT2D eigenvalue weighted by molar-refractivity contribution is 9.10. The lowest BCUT2D eigenvalue weighted by molar-refractivity contribution is 1.70. The van der Waals surface area contributed by atoms with Crippen LogP contribution < -0.4 is 5.30 Å².